The van der Waals surface area contributed by atoms with Crippen molar-refractivity contribution in [2.75, 3.05) is 19.5 Å². The van der Waals surface area contributed by atoms with Crippen molar-refractivity contribution >= 4 is 17.7 Å². The molecule has 1 amide bonds. The molecule has 0 aliphatic rings. The second-order valence-corrected chi connectivity index (χ2v) is 4.80. The first-order valence-corrected chi connectivity index (χ1v) is 6.85. The van der Waals surface area contributed by atoms with Crippen molar-refractivity contribution < 1.29 is 14.3 Å². The standard InChI is InChI=1S/C18H19NO3/c1-5-13-6-8-14(9-7-13)18(20)19-15-11-16(21-3)12(2)10-17(15)22-4/h5-11H,1H2,2-4H3,(H,19,20). The molecule has 0 aromatic heterocycles. The van der Waals surface area contributed by atoms with Gasteiger partial charge in [-0.05, 0) is 36.2 Å². The number of carbonyl (C=O) groups is 1. The lowest BCUT2D eigenvalue weighted by Crippen LogP contribution is -2.13. The van der Waals surface area contributed by atoms with Crippen LogP contribution in [0.3, 0.4) is 0 Å². The summed E-state index contributed by atoms with van der Waals surface area (Å²) >= 11 is 0. The van der Waals surface area contributed by atoms with Gasteiger partial charge in [-0.2, -0.15) is 0 Å². The molecule has 2 aromatic rings. The van der Waals surface area contributed by atoms with Crippen LogP contribution in [0.1, 0.15) is 21.5 Å². The van der Waals surface area contributed by atoms with Gasteiger partial charge in [-0.15, -0.1) is 0 Å². The molecule has 0 saturated heterocycles. The minimum absolute atomic E-state index is 0.209. The molecule has 2 aromatic carbocycles. The summed E-state index contributed by atoms with van der Waals surface area (Å²) < 4.78 is 10.6. The number of anilines is 1. The van der Waals surface area contributed by atoms with Crippen LogP contribution in [0.2, 0.25) is 0 Å². The summed E-state index contributed by atoms with van der Waals surface area (Å²) in [6, 6.07) is 10.8. The molecule has 0 aliphatic heterocycles. The summed E-state index contributed by atoms with van der Waals surface area (Å²) in [6.45, 7) is 5.61. The predicted octanol–water partition coefficient (Wildman–Crippen LogP) is 3.91. The molecule has 0 bridgehead atoms. The highest BCUT2D eigenvalue weighted by Crippen LogP contribution is 2.32. The normalized spacial score (nSPS) is 9.95. The van der Waals surface area contributed by atoms with E-state index in [4.69, 9.17) is 9.47 Å². The Kier molecular flexibility index (Phi) is 4.84. The molecule has 114 valence electrons. The zero-order valence-corrected chi connectivity index (χ0v) is 13.0. The second kappa shape index (κ2) is 6.80. The molecule has 4 nitrogen and oxygen atoms in total. The third-order valence-corrected chi connectivity index (χ3v) is 3.37. The van der Waals surface area contributed by atoms with Crippen LogP contribution in [0.5, 0.6) is 11.5 Å². The van der Waals surface area contributed by atoms with Crippen molar-refractivity contribution in [2.24, 2.45) is 0 Å². The van der Waals surface area contributed by atoms with Gasteiger partial charge in [0.2, 0.25) is 0 Å². The van der Waals surface area contributed by atoms with Gasteiger partial charge in [0.15, 0.2) is 0 Å². The molecule has 0 spiro atoms. The molecular weight excluding hydrogens is 278 g/mol. The molecule has 2 rings (SSSR count). The summed E-state index contributed by atoms with van der Waals surface area (Å²) in [4.78, 5) is 12.3. The number of benzene rings is 2. The Bertz CT molecular complexity index is 690. The third-order valence-electron chi connectivity index (χ3n) is 3.37. The van der Waals surface area contributed by atoms with Gasteiger partial charge in [0.05, 0.1) is 19.9 Å². The van der Waals surface area contributed by atoms with Crippen molar-refractivity contribution in [2.45, 2.75) is 6.92 Å². The van der Waals surface area contributed by atoms with Crippen molar-refractivity contribution in [3.05, 3.63) is 59.7 Å². The van der Waals surface area contributed by atoms with Crippen LogP contribution in [0.25, 0.3) is 6.08 Å². The van der Waals surface area contributed by atoms with E-state index >= 15 is 0 Å². The molecule has 0 unspecified atom stereocenters. The van der Waals surface area contributed by atoms with E-state index in [1.807, 2.05) is 25.1 Å². The third kappa shape index (κ3) is 3.28. The van der Waals surface area contributed by atoms with E-state index in [0.717, 1.165) is 11.1 Å². The highest BCUT2D eigenvalue weighted by Gasteiger charge is 2.12. The van der Waals surface area contributed by atoms with Crippen molar-refractivity contribution in [3.63, 3.8) is 0 Å². The molecule has 4 heteroatoms. The number of ether oxygens (including phenoxy) is 2. The Balaban J connectivity index is 2.28. The van der Waals surface area contributed by atoms with E-state index in [2.05, 4.69) is 11.9 Å². The quantitative estimate of drug-likeness (QED) is 0.910. The predicted molar refractivity (Wildman–Crippen MR) is 88.8 cm³/mol. The van der Waals surface area contributed by atoms with Gasteiger partial charge < -0.3 is 14.8 Å². The van der Waals surface area contributed by atoms with Gasteiger partial charge in [-0.3, -0.25) is 4.79 Å². The van der Waals surface area contributed by atoms with E-state index < -0.39 is 0 Å². The zero-order chi connectivity index (χ0) is 16.1. The van der Waals surface area contributed by atoms with Crippen LogP contribution in [-0.2, 0) is 0 Å². The maximum absolute atomic E-state index is 12.3. The Morgan fingerprint density at radius 2 is 1.73 bits per heavy atom. The highest BCUT2D eigenvalue weighted by molar-refractivity contribution is 6.05. The Morgan fingerprint density at radius 1 is 1.09 bits per heavy atom. The lowest BCUT2D eigenvalue weighted by Gasteiger charge is -2.14. The van der Waals surface area contributed by atoms with E-state index in [-0.39, 0.29) is 5.91 Å². The fourth-order valence-corrected chi connectivity index (χ4v) is 2.11. The SMILES string of the molecule is C=Cc1ccc(C(=O)Nc2cc(OC)c(C)cc2OC)cc1. The smallest absolute Gasteiger partial charge is 0.255 e. The van der Waals surface area contributed by atoms with Crippen LogP contribution in [0, 0.1) is 6.92 Å². The number of rotatable bonds is 5. The van der Waals surface area contributed by atoms with Gasteiger partial charge in [0.25, 0.3) is 5.91 Å². The van der Waals surface area contributed by atoms with Crippen LogP contribution >= 0.6 is 0 Å². The first-order valence-electron chi connectivity index (χ1n) is 6.85. The van der Waals surface area contributed by atoms with Gasteiger partial charge in [-0.25, -0.2) is 0 Å². The summed E-state index contributed by atoms with van der Waals surface area (Å²) in [5.41, 5.74) is 3.04. The molecule has 0 aliphatic carbocycles. The molecule has 1 N–H and O–H groups in total. The summed E-state index contributed by atoms with van der Waals surface area (Å²) in [5.74, 6) is 1.08. The van der Waals surface area contributed by atoms with Crippen molar-refractivity contribution in [3.8, 4) is 11.5 Å². The van der Waals surface area contributed by atoms with Crippen LogP contribution in [-0.4, -0.2) is 20.1 Å². The molecule has 0 saturated carbocycles. The monoisotopic (exact) mass is 297 g/mol. The maximum Gasteiger partial charge on any atom is 0.255 e. The molecule has 0 heterocycles. The first-order chi connectivity index (χ1) is 10.6. The van der Waals surface area contributed by atoms with E-state index in [9.17, 15) is 4.79 Å². The van der Waals surface area contributed by atoms with Crippen LogP contribution in [0.15, 0.2) is 43.0 Å². The van der Waals surface area contributed by atoms with Gasteiger partial charge in [-0.1, -0.05) is 24.8 Å². The number of nitrogens with one attached hydrogen (secondary N) is 1. The van der Waals surface area contributed by atoms with E-state index in [0.29, 0.717) is 22.7 Å². The van der Waals surface area contributed by atoms with E-state index in [1.165, 1.54) is 0 Å². The first kappa shape index (κ1) is 15.6. The highest BCUT2D eigenvalue weighted by atomic mass is 16.5. The number of methoxy groups -OCH3 is 2. The Morgan fingerprint density at radius 3 is 2.27 bits per heavy atom. The van der Waals surface area contributed by atoms with Gasteiger partial charge >= 0.3 is 0 Å². The van der Waals surface area contributed by atoms with E-state index in [1.54, 1.807) is 38.5 Å². The molecule has 22 heavy (non-hydrogen) atoms. The Labute approximate surface area is 130 Å². The number of carbonyl (C=O) groups excluding carboxylic acids is 1. The fraction of sp³-hybridized carbons (Fsp3) is 0.167. The fourth-order valence-electron chi connectivity index (χ4n) is 2.11. The van der Waals surface area contributed by atoms with Crippen LogP contribution < -0.4 is 14.8 Å². The number of amides is 1. The largest absolute Gasteiger partial charge is 0.496 e. The number of hydrogen-bond donors (Lipinski definition) is 1. The van der Waals surface area contributed by atoms with Gasteiger partial charge in [0.1, 0.15) is 11.5 Å². The second-order valence-electron chi connectivity index (χ2n) is 4.80. The number of hydrogen-bond acceptors (Lipinski definition) is 3. The lowest BCUT2D eigenvalue weighted by molar-refractivity contribution is 0.102. The Hall–Kier alpha value is -2.75. The summed E-state index contributed by atoms with van der Waals surface area (Å²) in [5, 5.41) is 2.85. The zero-order valence-electron chi connectivity index (χ0n) is 13.0. The lowest BCUT2D eigenvalue weighted by atomic mass is 10.1. The average Bonchev–Trinajstić information content (AvgIpc) is 2.55. The van der Waals surface area contributed by atoms with Crippen molar-refractivity contribution in [1.29, 1.82) is 0 Å². The molecule has 0 atom stereocenters. The van der Waals surface area contributed by atoms with Crippen molar-refractivity contribution in [1.82, 2.24) is 0 Å². The molecule has 0 radical (unpaired) electrons. The number of aryl methyl sites for hydroxylation is 1. The maximum atomic E-state index is 12.3. The molecular formula is C18H19NO3. The topological polar surface area (TPSA) is 47.6 Å². The summed E-state index contributed by atoms with van der Waals surface area (Å²) in [7, 11) is 3.16. The van der Waals surface area contributed by atoms with Crippen LogP contribution in [0.4, 0.5) is 5.69 Å². The van der Waals surface area contributed by atoms with Gasteiger partial charge in [0, 0.05) is 11.6 Å². The summed E-state index contributed by atoms with van der Waals surface area (Å²) in [6.07, 6.45) is 1.73. The molecule has 0 fully saturated rings. The average molecular weight is 297 g/mol. The minimum atomic E-state index is -0.209. The minimum Gasteiger partial charge on any atom is -0.496 e.